The lowest BCUT2D eigenvalue weighted by atomic mass is 9.80. The van der Waals surface area contributed by atoms with Gasteiger partial charge in [-0.1, -0.05) is 19.3 Å². The van der Waals surface area contributed by atoms with Crippen molar-refractivity contribution in [2.45, 2.75) is 37.8 Å². The quantitative estimate of drug-likeness (QED) is 0.526. The van der Waals surface area contributed by atoms with Crippen LogP contribution in [0.5, 0.6) is 0 Å². The van der Waals surface area contributed by atoms with E-state index in [1.54, 1.807) is 0 Å². The second-order valence-electron chi connectivity index (χ2n) is 3.54. The van der Waals surface area contributed by atoms with Gasteiger partial charge in [-0.25, -0.2) is 0 Å². The van der Waals surface area contributed by atoms with E-state index in [0.717, 1.165) is 0 Å². The molecule has 0 unspecified atom stereocenters. The molecule has 5 N–H and O–H groups in total. The van der Waals surface area contributed by atoms with Crippen LogP contribution in [0.4, 0.5) is 0 Å². The second-order valence-corrected chi connectivity index (χ2v) is 3.54. The fourth-order valence-corrected chi connectivity index (χ4v) is 1.45. The SMILES string of the molecule is NC(=O)[C@H](O)[C@@H](N)CC1CCC1. The Morgan fingerprint density at radius 1 is 1.58 bits per heavy atom. The number of aliphatic hydroxyl groups is 1. The van der Waals surface area contributed by atoms with Crippen LogP contribution in [0.25, 0.3) is 0 Å². The molecular weight excluding hydrogens is 156 g/mol. The molecule has 70 valence electrons. The number of carbonyl (C=O) groups is 1. The van der Waals surface area contributed by atoms with Crippen molar-refractivity contribution in [1.29, 1.82) is 0 Å². The number of amides is 1. The number of nitrogens with two attached hydrogens (primary N) is 2. The minimum atomic E-state index is -1.18. The highest BCUT2D eigenvalue weighted by atomic mass is 16.3. The van der Waals surface area contributed by atoms with Crippen LogP contribution in [0.2, 0.25) is 0 Å². The molecule has 0 aliphatic heterocycles. The fourth-order valence-electron chi connectivity index (χ4n) is 1.45. The van der Waals surface area contributed by atoms with E-state index in [0.29, 0.717) is 12.3 Å². The first-order valence-electron chi connectivity index (χ1n) is 4.34. The molecule has 0 aromatic carbocycles. The molecule has 0 spiro atoms. The van der Waals surface area contributed by atoms with Crippen LogP contribution in [-0.4, -0.2) is 23.2 Å². The average molecular weight is 172 g/mol. The van der Waals surface area contributed by atoms with Crippen LogP contribution >= 0.6 is 0 Å². The summed E-state index contributed by atoms with van der Waals surface area (Å²) in [6.45, 7) is 0. The van der Waals surface area contributed by atoms with Crippen LogP contribution < -0.4 is 11.5 Å². The molecule has 0 radical (unpaired) electrons. The summed E-state index contributed by atoms with van der Waals surface area (Å²) >= 11 is 0. The van der Waals surface area contributed by atoms with Crippen LogP contribution in [0.1, 0.15) is 25.7 Å². The molecule has 1 rings (SSSR count). The number of primary amides is 1. The van der Waals surface area contributed by atoms with Crippen LogP contribution in [0, 0.1) is 5.92 Å². The molecule has 4 nitrogen and oxygen atoms in total. The second kappa shape index (κ2) is 3.87. The molecule has 0 aromatic rings. The van der Waals surface area contributed by atoms with E-state index in [2.05, 4.69) is 0 Å². The first-order chi connectivity index (χ1) is 5.61. The van der Waals surface area contributed by atoms with Gasteiger partial charge in [-0.3, -0.25) is 4.79 Å². The van der Waals surface area contributed by atoms with E-state index in [9.17, 15) is 4.79 Å². The predicted octanol–water partition coefficient (Wildman–Crippen LogP) is -0.650. The highest BCUT2D eigenvalue weighted by molar-refractivity contribution is 5.79. The van der Waals surface area contributed by atoms with Gasteiger partial charge in [0, 0.05) is 6.04 Å². The Balaban J connectivity index is 2.25. The van der Waals surface area contributed by atoms with Gasteiger partial charge in [0.25, 0.3) is 0 Å². The number of aliphatic hydroxyl groups excluding tert-OH is 1. The van der Waals surface area contributed by atoms with E-state index < -0.39 is 18.1 Å². The summed E-state index contributed by atoms with van der Waals surface area (Å²) in [5, 5.41) is 9.16. The van der Waals surface area contributed by atoms with Crippen molar-refractivity contribution in [1.82, 2.24) is 0 Å². The topological polar surface area (TPSA) is 89.3 Å². The van der Waals surface area contributed by atoms with E-state index in [-0.39, 0.29) is 0 Å². The van der Waals surface area contributed by atoms with Crippen molar-refractivity contribution in [3.05, 3.63) is 0 Å². The molecule has 0 aromatic heterocycles. The van der Waals surface area contributed by atoms with Crippen molar-refractivity contribution < 1.29 is 9.90 Å². The maximum Gasteiger partial charge on any atom is 0.247 e. The molecular formula is C8H16N2O2. The molecule has 1 aliphatic carbocycles. The smallest absolute Gasteiger partial charge is 0.247 e. The van der Waals surface area contributed by atoms with Crippen LogP contribution in [0.3, 0.4) is 0 Å². The number of hydrogen-bond acceptors (Lipinski definition) is 3. The van der Waals surface area contributed by atoms with E-state index in [1.165, 1.54) is 19.3 Å². The summed E-state index contributed by atoms with van der Waals surface area (Å²) in [7, 11) is 0. The van der Waals surface area contributed by atoms with Crippen molar-refractivity contribution in [2.75, 3.05) is 0 Å². The van der Waals surface area contributed by atoms with Gasteiger partial charge in [0.15, 0.2) is 0 Å². The van der Waals surface area contributed by atoms with E-state index >= 15 is 0 Å². The molecule has 1 aliphatic rings. The maximum absolute atomic E-state index is 10.5. The summed E-state index contributed by atoms with van der Waals surface area (Å²) in [5.41, 5.74) is 10.5. The Labute approximate surface area is 71.9 Å². The zero-order chi connectivity index (χ0) is 9.14. The average Bonchev–Trinajstić information content (AvgIpc) is 1.94. The molecule has 1 fully saturated rings. The lowest BCUT2D eigenvalue weighted by Crippen LogP contribution is -2.45. The predicted molar refractivity (Wildman–Crippen MR) is 45.1 cm³/mol. The summed E-state index contributed by atoms with van der Waals surface area (Å²) in [4.78, 5) is 10.5. The van der Waals surface area contributed by atoms with Gasteiger partial charge in [-0.15, -0.1) is 0 Å². The van der Waals surface area contributed by atoms with Gasteiger partial charge in [0.05, 0.1) is 0 Å². The zero-order valence-corrected chi connectivity index (χ0v) is 7.07. The van der Waals surface area contributed by atoms with Crippen molar-refractivity contribution in [3.63, 3.8) is 0 Å². The first kappa shape index (κ1) is 9.48. The van der Waals surface area contributed by atoms with Gasteiger partial charge in [-0.2, -0.15) is 0 Å². The molecule has 4 heteroatoms. The molecule has 0 heterocycles. The molecule has 2 atom stereocenters. The van der Waals surface area contributed by atoms with Gasteiger partial charge >= 0.3 is 0 Å². The Morgan fingerprint density at radius 2 is 2.17 bits per heavy atom. The summed E-state index contributed by atoms with van der Waals surface area (Å²) < 4.78 is 0. The lowest BCUT2D eigenvalue weighted by Gasteiger charge is -2.29. The summed E-state index contributed by atoms with van der Waals surface area (Å²) in [6, 6.07) is -0.479. The molecule has 1 amide bonds. The Hall–Kier alpha value is -0.610. The van der Waals surface area contributed by atoms with Crippen molar-refractivity contribution >= 4 is 5.91 Å². The number of carbonyl (C=O) groups excluding carboxylic acids is 1. The molecule has 1 saturated carbocycles. The number of rotatable bonds is 4. The van der Waals surface area contributed by atoms with Gasteiger partial charge in [0.1, 0.15) is 6.10 Å². The van der Waals surface area contributed by atoms with Crippen molar-refractivity contribution in [3.8, 4) is 0 Å². The third kappa shape index (κ3) is 2.19. The van der Waals surface area contributed by atoms with Gasteiger partial charge in [-0.05, 0) is 12.3 Å². The highest BCUT2D eigenvalue weighted by Crippen LogP contribution is 2.30. The largest absolute Gasteiger partial charge is 0.382 e. The van der Waals surface area contributed by atoms with Gasteiger partial charge in [0.2, 0.25) is 5.91 Å². The monoisotopic (exact) mass is 172 g/mol. The van der Waals surface area contributed by atoms with Gasteiger partial charge < -0.3 is 16.6 Å². The third-order valence-corrected chi connectivity index (χ3v) is 2.53. The molecule has 0 saturated heterocycles. The number of hydrogen-bond donors (Lipinski definition) is 3. The molecule has 0 bridgehead atoms. The third-order valence-electron chi connectivity index (χ3n) is 2.53. The normalized spacial score (nSPS) is 22.8. The van der Waals surface area contributed by atoms with Crippen LogP contribution in [0.15, 0.2) is 0 Å². The summed E-state index contributed by atoms with van der Waals surface area (Å²) in [5.74, 6) is -0.129. The Morgan fingerprint density at radius 3 is 2.50 bits per heavy atom. The van der Waals surface area contributed by atoms with Crippen molar-refractivity contribution in [2.24, 2.45) is 17.4 Å². The van der Waals surface area contributed by atoms with Crippen LogP contribution in [-0.2, 0) is 4.79 Å². The Kier molecular flexibility index (Phi) is 3.05. The molecule has 12 heavy (non-hydrogen) atoms. The minimum absolute atomic E-state index is 0.479. The maximum atomic E-state index is 10.5. The fraction of sp³-hybridized carbons (Fsp3) is 0.875. The highest BCUT2D eigenvalue weighted by Gasteiger charge is 2.26. The zero-order valence-electron chi connectivity index (χ0n) is 7.07. The van der Waals surface area contributed by atoms with E-state index in [1.807, 2.05) is 0 Å². The Bertz CT molecular complexity index is 168. The summed E-state index contributed by atoms with van der Waals surface area (Å²) in [6.07, 6.45) is 3.11. The first-order valence-corrected chi connectivity index (χ1v) is 4.34. The standard InChI is InChI=1S/C8H16N2O2/c9-6(7(11)8(10)12)4-5-2-1-3-5/h5-7,11H,1-4,9H2,(H2,10,12)/t6-,7+/m0/s1. The lowest BCUT2D eigenvalue weighted by molar-refractivity contribution is -0.127. The van der Waals surface area contributed by atoms with E-state index in [4.69, 9.17) is 16.6 Å². The minimum Gasteiger partial charge on any atom is -0.382 e.